The van der Waals surface area contributed by atoms with Gasteiger partial charge in [0.1, 0.15) is 0 Å². The lowest BCUT2D eigenvalue weighted by atomic mass is 9.89. The minimum absolute atomic E-state index is 0.121. The van der Waals surface area contributed by atoms with Crippen molar-refractivity contribution in [1.82, 2.24) is 0 Å². The smallest absolute Gasteiger partial charge is 0.196 e. The molecule has 102 valence electrons. The van der Waals surface area contributed by atoms with Crippen molar-refractivity contribution >= 4 is 0 Å². The van der Waals surface area contributed by atoms with Gasteiger partial charge in [-0.1, -0.05) is 26.0 Å². The van der Waals surface area contributed by atoms with Gasteiger partial charge in [0.05, 0.1) is 0 Å². The predicted molar refractivity (Wildman–Crippen MR) is 58.0 cm³/mol. The minimum atomic E-state index is -5.45. The molecule has 0 aromatic heterocycles. The SMILES string of the molecule is C/C=C\CCC(C)CC(C)C(F)(F)C(F)(F)F. The van der Waals surface area contributed by atoms with Crippen LogP contribution in [0.3, 0.4) is 0 Å². The molecule has 0 aliphatic heterocycles. The van der Waals surface area contributed by atoms with Crippen LogP contribution < -0.4 is 0 Å². The highest BCUT2D eigenvalue weighted by Gasteiger charge is 2.60. The van der Waals surface area contributed by atoms with E-state index in [0.717, 1.165) is 6.92 Å². The zero-order valence-corrected chi connectivity index (χ0v) is 10.3. The lowest BCUT2D eigenvalue weighted by Gasteiger charge is -2.27. The molecule has 0 saturated heterocycles. The second-order valence-corrected chi connectivity index (χ2v) is 4.51. The topological polar surface area (TPSA) is 0 Å². The monoisotopic (exact) mass is 258 g/mol. The summed E-state index contributed by atoms with van der Waals surface area (Å²) in [7, 11) is 0. The molecule has 2 unspecified atom stereocenters. The Hall–Kier alpha value is -0.610. The van der Waals surface area contributed by atoms with E-state index in [4.69, 9.17) is 0 Å². The first-order valence-electron chi connectivity index (χ1n) is 5.68. The maximum Gasteiger partial charge on any atom is 0.453 e. The van der Waals surface area contributed by atoms with Gasteiger partial charge in [0, 0.05) is 5.92 Å². The average Bonchev–Trinajstić information content (AvgIpc) is 2.16. The van der Waals surface area contributed by atoms with Crippen LogP contribution in [0.15, 0.2) is 12.2 Å². The molecule has 0 N–H and O–H groups in total. The molecule has 0 rings (SSSR count). The van der Waals surface area contributed by atoms with Crippen LogP contribution in [-0.2, 0) is 0 Å². The Morgan fingerprint density at radius 1 is 1.06 bits per heavy atom. The summed E-state index contributed by atoms with van der Waals surface area (Å²) in [4.78, 5) is 0. The lowest BCUT2D eigenvalue weighted by Crippen LogP contribution is -2.42. The van der Waals surface area contributed by atoms with Crippen molar-refractivity contribution in [3.8, 4) is 0 Å². The van der Waals surface area contributed by atoms with Crippen LogP contribution in [0.4, 0.5) is 22.0 Å². The highest BCUT2D eigenvalue weighted by Crippen LogP contribution is 2.43. The standard InChI is InChI=1S/C12H19F5/c1-4-5-6-7-9(2)8-10(3)11(13,14)12(15,16)17/h4-5,9-10H,6-8H2,1-3H3/b5-4-. The molecule has 0 nitrogen and oxygen atoms in total. The zero-order valence-electron chi connectivity index (χ0n) is 10.3. The first-order chi connectivity index (χ1) is 7.63. The molecule has 0 aliphatic rings. The van der Waals surface area contributed by atoms with Gasteiger partial charge in [-0.3, -0.25) is 0 Å². The number of rotatable bonds is 6. The van der Waals surface area contributed by atoms with E-state index in [-0.39, 0.29) is 12.3 Å². The molecular weight excluding hydrogens is 239 g/mol. The fraction of sp³-hybridized carbons (Fsp3) is 0.833. The third kappa shape index (κ3) is 5.04. The summed E-state index contributed by atoms with van der Waals surface area (Å²) < 4.78 is 62.1. The van der Waals surface area contributed by atoms with Crippen LogP contribution in [0.5, 0.6) is 0 Å². The molecule has 0 bridgehead atoms. The van der Waals surface area contributed by atoms with E-state index in [1.807, 2.05) is 19.1 Å². The van der Waals surface area contributed by atoms with E-state index in [9.17, 15) is 22.0 Å². The van der Waals surface area contributed by atoms with Crippen LogP contribution in [-0.4, -0.2) is 12.1 Å². The van der Waals surface area contributed by atoms with Crippen molar-refractivity contribution in [1.29, 1.82) is 0 Å². The zero-order chi connectivity index (χ0) is 13.7. The van der Waals surface area contributed by atoms with Crippen molar-refractivity contribution in [2.45, 2.75) is 52.1 Å². The summed E-state index contributed by atoms with van der Waals surface area (Å²) in [6.07, 6.45) is -0.520. The Bertz CT molecular complexity index is 242. The van der Waals surface area contributed by atoms with Gasteiger partial charge in [-0.05, 0) is 32.1 Å². The van der Waals surface area contributed by atoms with Crippen LogP contribution in [0.1, 0.15) is 40.0 Å². The van der Waals surface area contributed by atoms with Gasteiger partial charge in [-0.15, -0.1) is 0 Å². The van der Waals surface area contributed by atoms with Gasteiger partial charge < -0.3 is 0 Å². The molecule has 0 amide bonds. The number of alkyl halides is 5. The largest absolute Gasteiger partial charge is 0.453 e. The summed E-state index contributed by atoms with van der Waals surface area (Å²) in [5.74, 6) is -6.42. The first kappa shape index (κ1) is 16.4. The van der Waals surface area contributed by atoms with Crippen molar-refractivity contribution in [2.75, 3.05) is 0 Å². The van der Waals surface area contributed by atoms with Gasteiger partial charge in [-0.2, -0.15) is 22.0 Å². The van der Waals surface area contributed by atoms with Crippen molar-refractivity contribution in [3.63, 3.8) is 0 Å². The number of allylic oxidation sites excluding steroid dienone is 2. The molecule has 17 heavy (non-hydrogen) atoms. The molecule has 5 heteroatoms. The molecular formula is C12H19F5. The van der Waals surface area contributed by atoms with E-state index in [1.165, 1.54) is 0 Å². The normalized spacial score (nSPS) is 17.4. The van der Waals surface area contributed by atoms with Crippen LogP contribution in [0, 0.1) is 11.8 Å². The fourth-order valence-corrected chi connectivity index (χ4v) is 1.70. The summed E-state index contributed by atoms with van der Waals surface area (Å²) in [5, 5.41) is 0. The van der Waals surface area contributed by atoms with Gasteiger partial charge in [0.15, 0.2) is 0 Å². The van der Waals surface area contributed by atoms with Gasteiger partial charge in [0.25, 0.3) is 0 Å². The van der Waals surface area contributed by atoms with Crippen LogP contribution >= 0.6 is 0 Å². The van der Waals surface area contributed by atoms with Crippen LogP contribution in [0.25, 0.3) is 0 Å². The summed E-state index contributed by atoms with van der Waals surface area (Å²) >= 11 is 0. The molecule has 0 saturated carbocycles. The number of hydrogen-bond donors (Lipinski definition) is 0. The van der Waals surface area contributed by atoms with Crippen molar-refractivity contribution in [2.24, 2.45) is 11.8 Å². The Kier molecular flexibility index (Phi) is 6.13. The maximum atomic E-state index is 12.9. The quantitative estimate of drug-likeness (QED) is 0.453. The van der Waals surface area contributed by atoms with Crippen LogP contribution in [0.2, 0.25) is 0 Å². The molecule has 0 fully saturated rings. The Morgan fingerprint density at radius 2 is 1.59 bits per heavy atom. The van der Waals surface area contributed by atoms with Crippen molar-refractivity contribution in [3.05, 3.63) is 12.2 Å². The van der Waals surface area contributed by atoms with Gasteiger partial charge in [0.2, 0.25) is 0 Å². The Labute approximate surface area is 98.9 Å². The van der Waals surface area contributed by atoms with E-state index in [0.29, 0.717) is 12.8 Å². The highest BCUT2D eigenvalue weighted by atomic mass is 19.4. The average molecular weight is 258 g/mol. The second-order valence-electron chi connectivity index (χ2n) is 4.51. The van der Waals surface area contributed by atoms with Gasteiger partial charge in [-0.25, -0.2) is 0 Å². The summed E-state index contributed by atoms with van der Waals surface area (Å²) in [6.45, 7) is 4.50. The number of halogens is 5. The Morgan fingerprint density at radius 3 is 2.00 bits per heavy atom. The fourth-order valence-electron chi connectivity index (χ4n) is 1.70. The van der Waals surface area contributed by atoms with E-state index >= 15 is 0 Å². The molecule has 0 spiro atoms. The predicted octanol–water partition coefficient (Wildman–Crippen LogP) is 5.20. The van der Waals surface area contributed by atoms with Gasteiger partial charge >= 0.3 is 12.1 Å². The highest BCUT2D eigenvalue weighted by molar-refractivity contribution is 4.83. The first-order valence-corrected chi connectivity index (χ1v) is 5.68. The summed E-state index contributed by atoms with van der Waals surface area (Å²) in [6, 6.07) is 0. The Balaban J connectivity index is 4.29. The molecule has 0 aromatic rings. The minimum Gasteiger partial charge on any atom is -0.196 e. The third-order valence-electron chi connectivity index (χ3n) is 2.81. The second kappa shape index (κ2) is 6.36. The molecule has 0 aromatic carbocycles. The maximum absolute atomic E-state index is 12.9. The van der Waals surface area contributed by atoms with E-state index < -0.39 is 18.0 Å². The third-order valence-corrected chi connectivity index (χ3v) is 2.81. The van der Waals surface area contributed by atoms with Crippen molar-refractivity contribution < 1.29 is 22.0 Å². The number of hydrogen-bond acceptors (Lipinski definition) is 0. The summed E-state index contributed by atoms with van der Waals surface area (Å²) in [5.41, 5.74) is 0. The molecule has 0 radical (unpaired) electrons. The lowest BCUT2D eigenvalue weighted by molar-refractivity contribution is -0.302. The van der Waals surface area contributed by atoms with E-state index in [2.05, 4.69) is 0 Å². The molecule has 0 aliphatic carbocycles. The van der Waals surface area contributed by atoms with E-state index in [1.54, 1.807) is 6.92 Å². The molecule has 2 atom stereocenters. The molecule has 0 heterocycles.